The van der Waals surface area contributed by atoms with Gasteiger partial charge in [0.1, 0.15) is 5.75 Å². The predicted octanol–water partition coefficient (Wildman–Crippen LogP) is 11.1. The highest BCUT2D eigenvalue weighted by atomic mass is 16.5. The first kappa shape index (κ1) is 31.7. The number of rotatable bonds is 22. The summed E-state index contributed by atoms with van der Waals surface area (Å²) in [6, 6.07) is 6.00. The molecule has 0 radical (unpaired) electrons. The second-order valence-electron chi connectivity index (χ2n) is 11.4. The van der Waals surface area contributed by atoms with Crippen molar-refractivity contribution in [2.24, 2.45) is 5.41 Å². The number of benzene rings is 1. The molecule has 0 fully saturated rings. The molecule has 0 heterocycles. The normalized spacial score (nSPS) is 13.1. The quantitative estimate of drug-likeness (QED) is 0.0925. The molecule has 0 aliphatic heterocycles. The van der Waals surface area contributed by atoms with E-state index >= 15 is 0 Å². The SMILES string of the molecule is CCCCCCCCCCCCC(C)(CCCCCCCCCC)C(=O)Oc1ccc(C)c(C)c1. The van der Waals surface area contributed by atoms with Crippen molar-refractivity contribution in [1.29, 1.82) is 0 Å². The summed E-state index contributed by atoms with van der Waals surface area (Å²) in [6.07, 6.45) is 25.6. The molecule has 1 aromatic carbocycles. The van der Waals surface area contributed by atoms with Gasteiger partial charge in [0.25, 0.3) is 0 Å². The van der Waals surface area contributed by atoms with Crippen molar-refractivity contribution in [1.82, 2.24) is 0 Å². The van der Waals surface area contributed by atoms with Crippen LogP contribution in [0.3, 0.4) is 0 Å². The van der Waals surface area contributed by atoms with Gasteiger partial charge in [0.15, 0.2) is 0 Å². The molecule has 1 unspecified atom stereocenters. The Morgan fingerprint density at radius 3 is 1.43 bits per heavy atom. The number of carbonyl (C=O) groups is 1. The Kier molecular flexibility index (Phi) is 18.0. The van der Waals surface area contributed by atoms with Gasteiger partial charge in [-0.1, -0.05) is 135 Å². The lowest BCUT2D eigenvalue weighted by Gasteiger charge is -2.27. The van der Waals surface area contributed by atoms with E-state index in [4.69, 9.17) is 4.74 Å². The van der Waals surface area contributed by atoms with Crippen LogP contribution in [0.4, 0.5) is 0 Å². The standard InChI is InChI=1S/C33H58O2/c1-6-8-10-12-14-16-17-19-21-23-27-33(5,26-22-20-18-15-13-11-9-7-2)32(34)35-31-25-24-29(3)30(4)28-31/h24-25,28H,6-23,26-27H2,1-5H3. The van der Waals surface area contributed by atoms with E-state index in [9.17, 15) is 4.79 Å². The molecule has 202 valence electrons. The Morgan fingerprint density at radius 2 is 1.03 bits per heavy atom. The number of carbonyl (C=O) groups excluding carboxylic acids is 1. The molecule has 0 amide bonds. The van der Waals surface area contributed by atoms with Crippen LogP contribution in [0.5, 0.6) is 5.75 Å². The Morgan fingerprint density at radius 1 is 0.629 bits per heavy atom. The highest BCUT2D eigenvalue weighted by Gasteiger charge is 2.34. The lowest BCUT2D eigenvalue weighted by atomic mass is 9.79. The van der Waals surface area contributed by atoms with Gasteiger partial charge >= 0.3 is 5.97 Å². The Balaban J connectivity index is 2.47. The molecule has 1 aromatic rings. The first-order valence-electron chi connectivity index (χ1n) is 15.2. The summed E-state index contributed by atoms with van der Waals surface area (Å²) < 4.78 is 5.94. The summed E-state index contributed by atoms with van der Waals surface area (Å²) in [5.74, 6) is 0.669. The molecule has 35 heavy (non-hydrogen) atoms. The van der Waals surface area contributed by atoms with Crippen LogP contribution >= 0.6 is 0 Å². The van der Waals surface area contributed by atoms with Crippen LogP contribution in [0.2, 0.25) is 0 Å². The lowest BCUT2D eigenvalue weighted by Crippen LogP contribution is -2.32. The van der Waals surface area contributed by atoms with Gasteiger partial charge in [-0.2, -0.15) is 0 Å². The third kappa shape index (κ3) is 14.7. The van der Waals surface area contributed by atoms with Crippen molar-refractivity contribution in [3.8, 4) is 5.75 Å². The van der Waals surface area contributed by atoms with E-state index in [1.807, 2.05) is 12.1 Å². The molecule has 0 aliphatic carbocycles. The largest absolute Gasteiger partial charge is 0.426 e. The maximum Gasteiger partial charge on any atom is 0.317 e. The van der Waals surface area contributed by atoms with Gasteiger partial charge in [0.2, 0.25) is 0 Å². The minimum Gasteiger partial charge on any atom is -0.426 e. The van der Waals surface area contributed by atoms with Crippen LogP contribution in [0, 0.1) is 19.3 Å². The van der Waals surface area contributed by atoms with E-state index in [-0.39, 0.29) is 11.4 Å². The van der Waals surface area contributed by atoms with Crippen LogP contribution in [-0.4, -0.2) is 5.97 Å². The molecule has 0 saturated heterocycles. The zero-order valence-corrected chi connectivity index (χ0v) is 24.2. The zero-order valence-electron chi connectivity index (χ0n) is 24.2. The highest BCUT2D eigenvalue weighted by molar-refractivity contribution is 5.78. The van der Waals surface area contributed by atoms with Crippen molar-refractivity contribution in [3.63, 3.8) is 0 Å². The van der Waals surface area contributed by atoms with E-state index in [0.29, 0.717) is 5.75 Å². The molecular weight excluding hydrogens is 428 g/mol. The van der Waals surface area contributed by atoms with E-state index in [2.05, 4.69) is 40.7 Å². The first-order chi connectivity index (χ1) is 16.9. The molecule has 1 rings (SSSR count). The molecular formula is C33H58O2. The Hall–Kier alpha value is -1.31. The maximum absolute atomic E-state index is 13.3. The Labute approximate surface area is 219 Å². The number of aryl methyl sites for hydroxylation is 2. The zero-order chi connectivity index (χ0) is 25.8. The predicted molar refractivity (Wildman–Crippen MR) is 153 cm³/mol. The van der Waals surface area contributed by atoms with Gasteiger partial charge in [0.05, 0.1) is 5.41 Å². The minimum absolute atomic E-state index is 0.0281. The summed E-state index contributed by atoms with van der Waals surface area (Å²) in [4.78, 5) is 13.3. The molecule has 1 atom stereocenters. The van der Waals surface area contributed by atoms with Crippen LogP contribution in [0.25, 0.3) is 0 Å². The van der Waals surface area contributed by atoms with Gasteiger partial charge in [-0.05, 0) is 56.9 Å². The molecule has 0 spiro atoms. The fourth-order valence-corrected chi connectivity index (χ4v) is 4.99. The van der Waals surface area contributed by atoms with Crippen molar-refractivity contribution >= 4 is 5.97 Å². The maximum atomic E-state index is 13.3. The van der Waals surface area contributed by atoms with Crippen molar-refractivity contribution in [2.45, 2.75) is 163 Å². The molecule has 0 bridgehead atoms. The summed E-state index contributed by atoms with van der Waals surface area (Å²) >= 11 is 0. The fourth-order valence-electron chi connectivity index (χ4n) is 4.99. The van der Waals surface area contributed by atoms with Gasteiger partial charge in [0, 0.05) is 0 Å². The van der Waals surface area contributed by atoms with E-state index < -0.39 is 0 Å². The second kappa shape index (κ2) is 19.8. The highest BCUT2D eigenvalue weighted by Crippen LogP contribution is 2.34. The molecule has 0 saturated carbocycles. The second-order valence-corrected chi connectivity index (χ2v) is 11.4. The van der Waals surface area contributed by atoms with E-state index in [1.54, 1.807) is 0 Å². The van der Waals surface area contributed by atoms with E-state index in [1.165, 1.54) is 114 Å². The number of hydrogen-bond donors (Lipinski definition) is 0. The van der Waals surface area contributed by atoms with Crippen molar-refractivity contribution in [3.05, 3.63) is 29.3 Å². The molecule has 0 N–H and O–H groups in total. The minimum atomic E-state index is -0.374. The molecule has 0 aromatic heterocycles. The Bertz CT molecular complexity index is 665. The van der Waals surface area contributed by atoms with Gasteiger partial charge < -0.3 is 4.74 Å². The van der Waals surface area contributed by atoms with Crippen LogP contribution in [0.15, 0.2) is 18.2 Å². The third-order valence-corrected chi connectivity index (χ3v) is 7.85. The average Bonchev–Trinajstić information content (AvgIpc) is 2.84. The topological polar surface area (TPSA) is 26.3 Å². The van der Waals surface area contributed by atoms with Crippen molar-refractivity contribution in [2.75, 3.05) is 0 Å². The van der Waals surface area contributed by atoms with Gasteiger partial charge in [-0.3, -0.25) is 4.79 Å². The number of ether oxygens (including phenoxy) is 1. The van der Waals surface area contributed by atoms with Crippen molar-refractivity contribution < 1.29 is 9.53 Å². The number of hydrogen-bond acceptors (Lipinski definition) is 2. The summed E-state index contributed by atoms with van der Waals surface area (Å²) in [5.41, 5.74) is 2.04. The average molecular weight is 487 g/mol. The summed E-state index contributed by atoms with van der Waals surface area (Å²) in [6.45, 7) is 10.9. The van der Waals surface area contributed by atoms with Crippen LogP contribution in [0.1, 0.15) is 160 Å². The molecule has 2 nitrogen and oxygen atoms in total. The molecule has 0 aliphatic rings. The summed E-state index contributed by atoms with van der Waals surface area (Å²) in [5, 5.41) is 0. The van der Waals surface area contributed by atoms with Crippen LogP contribution < -0.4 is 4.74 Å². The van der Waals surface area contributed by atoms with E-state index in [0.717, 1.165) is 25.7 Å². The number of esters is 1. The number of unbranched alkanes of at least 4 members (excludes halogenated alkanes) is 16. The fraction of sp³-hybridized carbons (Fsp3) is 0.788. The lowest BCUT2D eigenvalue weighted by molar-refractivity contribution is -0.146. The van der Waals surface area contributed by atoms with Gasteiger partial charge in [-0.25, -0.2) is 0 Å². The first-order valence-corrected chi connectivity index (χ1v) is 15.2. The van der Waals surface area contributed by atoms with Crippen LogP contribution in [-0.2, 0) is 4.79 Å². The summed E-state index contributed by atoms with van der Waals surface area (Å²) in [7, 11) is 0. The smallest absolute Gasteiger partial charge is 0.317 e. The van der Waals surface area contributed by atoms with Gasteiger partial charge in [-0.15, -0.1) is 0 Å². The molecule has 2 heteroatoms. The monoisotopic (exact) mass is 486 g/mol. The third-order valence-electron chi connectivity index (χ3n) is 7.85.